The van der Waals surface area contributed by atoms with Gasteiger partial charge in [-0.3, -0.25) is 4.79 Å². The molecule has 0 unspecified atom stereocenters. The number of carbonyl (C=O) groups is 1. The number of nitrogen functional groups attached to an aromatic ring is 1. The Balaban J connectivity index is 2.05. The van der Waals surface area contributed by atoms with Gasteiger partial charge in [-0.15, -0.1) is 0 Å². The Morgan fingerprint density at radius 1 is 1.09 bits per heavy atom. The summed E-state index contributed by atoms with van der Waals surface area (Å²) < 4.78 is 5.01. The van der Waals surface area contributed by atoms with E-state index >= 15 is 0 Å². The summed E-state index contributed by atoms with van der Waals surface area (Å²) in [5.74, 6) is 0.284. The molecule has 0 heterocycles. The Kier molecular flexibility index (Phi) is 4.98. The van der Waals surface area contributed by atoms with Gasteiger partial charge in [-0.2, -0.15) is 0 Å². The fraction of sp³-hybridized carbons (Fsp3) is 0.0556. The van der Waals surface area contributed by atoms with Gasteiger partial charge in [0.05, 0.1) is 7.11 Å². The lowest BCUT2D eigenvalue weighted by atomic mass is 10.1. The fourth-order valence-electron chi connectivity index (χ4n) is 1.87. The molecule has 0 aromatic heterocycles. The van der Waals surface area contributed by atoms with Crippen LogP contribution in [0.4, 0.5) is 5.69 Å². The lowest BCUT2D eigenvalue weighted by Gasteiger charge is -2.03. The van der Waals surface area contributed by atoms with Crippen LogP contribution in [0, 0.1) is 0 Å². The first-order valence-electron chi connectivity index (χ1n) is 6.71. The standard InChI is InChI=1S/C18H17NO3/c1-22-18-12-14(7-10-17(18)21)6-9-16(20)8-5-13-3-2-4-15(19)11-13/h2-12,21H,19H2,1H3/b8-5+,9-6+. The Bertz CT molecular complexity index is 733. The maximum absolute atomic E-state index is 11.8. The van der Waals surface area contributed by atoms with Gasteiger partial charge in [0.25, 0.3) is 0 Å². The molecule has 0 spiro atoms. The summed E-state index contributed by atoms with van der Waals surface area (Å²) in [6, 6.07) is 12.2. The second kappa shape index (κ2) is 7.13. The molecule has 0 saturated heterocycles. The molecule has 2 aromatic carbocycles. The van der Waals surface area contributed by atoms with Crippen LogP contribution < -0.4 is 10.5 Å². The number of phenolic OH excluding ortho intramolecular Hbond substituents is 1. The highest BCUT2D eigenvalue weighted by Gasteiger charge is 2.00. The maximum Gasteiger partial charge on any atom is 0.178 e. The van der Waals surface area contributed by atoms with Crippen molar-refractivity contribution < 1.29 is 14.6 Å². The first-order chi connectivity index (χ1) is 10.6. The molecule has 0 amide bonds. The van der Waals surface area contributed by atoms with Crippen LogP contribution >= 0.6 is 0 Å². The average Bonchev–Trinajstić information content (AvgIpc) is 2.52. The summed E-state index contributed by atoms with van der Waals surface area (Å²) in [6.07, 6.45) is 6.30. The maximum atomic E-state index is 11.8. The van der Waals surface area contributed by atoms with Crippen LogP contribution in [-0.4, -0.2) is 18.0 Å². The summed E-state index contributed by atoms with van der Waals surface area (Å²) >= 11 is 0. The minimum atomic E-state index is -0.144. The predicted molar refractivity (Wildman–Crippen MR) is 88.6 cm³/mol. The molecule has 0 bridgehead atoms. The van der Waals surface area contributed by atoms with Crippen molar-refractivity contribution in [3.05, 3.63) is 65.7 Å². The number of carbonyl (C=O) groups excluding carboxylic acids is 1. The second-order valence-electron chi connectivity index (χ2n) is 4.67. The zero-order valence-corrected chi connectivity index (χ0v) is 12.2. The molecule has 0 saturated carbocycles. The Morgan fingerprint density at radius 2 is 1.77 bits per heavy atom. The van der Waals surface area contributed by atoms with Gasteiger partial charge < -0.3 is 15.6 Å². The lowest BCUT2D eigenvalue weighted by Crippen LogP contribution is -1.87. The number of allylic oxidation sites excluding steroid dienone is 2. The molecule has 4 nitrogen and oxygen atoms in total. The van der Waals surface area contributed by atoms with Crippen molar-refractivity contribution in [1.82, 2.24) is 0 Å². The molecule has 2 rings (SSSR count). The number of rotatable bonds is 5. The van der Waals surface area contributed by atoms with E-state index < -0.39 is 0 Å². The molecule has 3 N–H and O–H groups in total. The molecule has 4 heteroatoms. The summed E-state index contributed by atoms with van der Waals surface area (Å²) in [6.45, 7) is 0. The number of anilines is 1. The van der Waals surface area contributed by atoms with Crippen molar-refractivity contribution in [2.24, 2.45) is 0 Å². The number of ketones is 1. The van der Waals surface area contributed by atoms with Crippen LogP contribution in [0.15, 0.2) is 54.6 Å². The topological polar surface area (TPSA) is 72.5 Å². The highest BCUT2D eigenvalue weighted by Crippen LogP contribution is 2.26. The minimum absolute atomic E-state index is 0.0625. The minimum Gasteiger partial charge on any atom is -0.504 e. The van der Waals surface area contributed by atoms with E-state index in [-0.39, 0.29) is 11.5 Å². The monoisotopic (exact) mass is 295 g/mol. The summed E-state index contributed by atoms with van der Waals surface area (Å²) in [5, 5.41) is 9.51. The van der Waals surface area contributed by atoms with E-state index in [1.807, 2.05) is 12.1 Å². The van der Waals surface area contributed by atoms with Gasteiger partial charge in [0.1, 0.15) is 0 Å². The highest BCUT2D eigenvalue weighted by molar-refractivity contribution is 6.04. The summed E-state index contributed by atoms with van der Waals surface area (Å²) in [4.78, 5) is 11.8. The van der Waals surface area contributed by atoms with Crippen LogP contribution in [-0.2, 0) is 4.79 Å². The van der Waals surface area contributed by atoms with Gasteiger partial charge in [-0.1, -0.05) is 30.4 Å². The molecule has 112 valence electrons. The lowest BCUT2D eigenvalue weighted by molar-refractivity contribution is -0.110. The van der Waals surface area contributed by atoms with Gasteiger partial charge in [-0.25, -0.2) is 0 Å². The van der Waals surface area contributed by atoms with E-state index in [2.05, 4.69) is 0 Å². The molecule has 0 atom stereocenters. The second-order valence-corrected chi connectivity index (χ2v) is 4.67. The molecular formula is C18H17NO3. The van der Waals surface area contributed by atoms with Crippen LogP contribution in [0.3, 0.4) is 0 Å². The van der Waals surface area contributed by atoms with Gasteiger partial charge in [0.2, 0.25) is 0 Å². The molecule has 22 heavy (non-hydrogen) atoms. The number of hydrogen-bond acceptors (Lipinski definition) is 4. The van der Waals surface area contributed by atoms with Crippen molar-refractivity contribution in [3.63, 3.8) is 0 Å². The van der Waals surface area contributed by atoms with Crippen molar-refractivity contribution in [2.45, 2.75) is 0 Å². The Hall–Kier alpha value is -3.01. The Morgan fingerprint density at radius 3 is 2.41 bits per heavy atom. The van der Waals surface area contributed by atoms with E-state index in [9.17, 15) is 9.90 Å². The smallest absolute Gasteiger partial charge is 0.178 e. The van der Waals surface area contributed by atoms with Gasteiger partial charge in [0.15, 0.2) is 17.3 Å². The molecule has 0 aliphatic heterocycles. The summed E-state index contributed by atoms with van der Waals surface area (Å²) in [5.41, 5.74) is 7.96. The zero-order valence-electron chi connectivity index (χ0n) is 12.2. The quantitative estimate of drug-likeness (QED) is 0.656. The highest BCUT2D eigenvalue weighted by atomic mass is 16.5. The SMILES string of the molecule is COc1cc(/C=C/C(=O)/C=C/c2cccc(N)c2)ccc1O. The molecule has 0 radical (unpaired) electrons. The third-order valence-electron chi connectivity index (χ3n) is 2.99. The molecule has 0 fully saturated rings. The van der Waals surface area contributed by atoms with E-state index in [1.54, 1.807) is 36.4 Å². The number of aromatic hydroxyl groups is 1. The third kappa shape index (κ3) is 4.24. The van der Waals surface area contributed by atoms with Gasteiger partial charge in [0, 0.05) is 5.69 Å². The van der Waals surface area contributed by atoms with Crippen molar-refractivity contribution in [1.29, 1.82) is 0 Å². The first-order valence-corrected chi connectivity index (χ1v) is 6.71. The number of methoxy groups -OCH3 is 1. The Labute approximate surface area is 129 Å². The number of nitrogens with two attached hydrogens (primary N) is 1. The van der Waals surface area contributed by atoms with E-state index in [1.165, 1.54) is 25.3 Å². The molecule has 0 aliphatic rings. The van der Waals surface area contributed by atoms with Crippen molar-refractivity contribution in [2.75, 3.05) is 12.8 Å². The van der Waals surface area contributed by atoms with Crippen LogP contribution in [0.1, 0.15) is 11.1 Å². The zero-order chi connectivity index (χ0) is 15.9. The molecule has 0 aliphatic carbocycles. The van der Waals surface area contributed by atoms with E-state index in [0.717, 1.165) is 11.1 Å². The fourth-order valence-corrected chi connectivity index (χ4v) is 1.87. The molecule has 2 aromatic rings. The number of ether oxygens (including phenoxy) is 1. The molecular weight excluding hydrogens is 278 g/mol. The van der Waals surface area contributed by atoms with Crippen LogP contribution in [0.2, 0.25) is 0 Å². The van der Waals surface area contributed by atoms with E-state index in [4.69, 9.17) is 10.5 Å². The predicted octanol–water partition coefficient (Wildman–Crippen LogP) is 3.28. The largest absolute Gasteiger partial charge is 0.504 e. The van der Waals surface area contributed by atoms with Crippen LogP contribution in [0.25, 0.3) is 12.2 Å². The van der Waals surface area contributed by atoms with Gasteiger partial charge in [-0.05, 0) is 47.5 Å². The summed E-state index contributed by atoms with van der Waals surface area (Å²) in [7, 11) is 1.47. The van der Waals surface area contributed by atoms with Gasteiger partial charge >= 0.3 is 0 Å². The van der Waals surface area contributed by atoms with Crippen molar-refractivity contribution >= 4 is 23.6 Å². The first kappa shape index (κ1) is 15.4. The normalized spacial score (nSPS) is 11.1. The van der Waals surface area contributed by atoms with E-state index in [0.29, 0.717) is 11.4 Å². The number of hydrogen-bond donors (Lipinski definition) is 2. The van der Waals surface area contributed by atoms with Crippen LogP contribution in [0.5, 0.6) is 11.5 Å². The number of benzene rings is 2. The third-order valence-corrected chi connectivity index (χ3v) is 2.99. The number of phenols is 1. The van der Waals surface area contributed by atoms with Crippen molar-refractivity contribution in [3.8, 4) is 11.5 Å². The average molecular weight is 295 g/mol.